The highest BCUT2D eigenvalue weighted by molar-refractivity contribution is 6.29. The average Bonchev–Trinajstić information content (AvgIpc) is 2.45. The number of aryl methyl sites for hydroxylation is 1. The Morgan fingerprint density at radius 3 is 3.05 bits per heavy atom. The number of fused-ring (bicyclic) bond motifs is 1. The SMILES string of the molecule is Cc1cc(Cl)nc(NC(=O)C2CNc3ccccc3O2)n1. The first-order valence-corrected chi connectivity index (χ1v) is 6.81. The number of carbonyl (C=O) groups excluding carboxylic acids is 1. The molecule has 0 fully saturated rings. The molecule has 1 aliphatic rings. The van der Waals surface area contributed by atoms with Crippen LogP contribution in [0.25, 0.3) is 0 Å². The van der Waals surface area contributed by atoms with Gasteiger partial charge >= 0.3 is 0 Å². The lowest BCUT2D eigenvalue weighted by Gasteiger charge is -2.26. The molecule has 1 amide bonds. The van der Waals surface area contributed by atoms with Crippen LogP contribution in [-0.2, 0) is 4.79 Å². The quantitative estimate of drug-likeness (QED) is 0.832. The molecule has 2 aromatic rings. The third-order valence-electron chi connectivity index (χ3n) is 2.98. The molecule has 0 bridgehead atoms. The summed E-state index contributed by atoms with van der Waals surface area (Å²) in [7, 11) is 0. The Kier molecular flexibility index (Phi) is 3.62. The predicted molar refractivity (Wildman–Crippen MR) is 79.8 cm³/mol. The monoisotopic (exact) mass is 304 g/mol. The van der Waals surface area contributed by atoms with Gasteiger partial charge in [-0.3, -0.25) is 10.1 Å². The van der Waals surface area contributed by atoms with E-state index in [0.29, 0.717) is 18.0 Å². The molecule has 3 rings (SSSR count). The first-order chi connectivity index (χ1) is 10.1. The van der Waals surface area contributed by atoms with Crippen LogP contribution in [-0.4, -0.2) is 28.5 Å². The highest BCUT2D eigenvalue weighted by Gasteiger charge is 2.26. The van der Waals surface area contributed by atoms with E-state index in [1.54, 1.807) is 13.0 Å². The Bertz CT molecular complexity index is 672. The molecule has 1 aromatic carbocycles. The maximum Gasteiger partial charge on any atom is 0.269 e. The van der Waals surface area contributed by atoms with Crippen molar-refractivity contribution in [1.29, 1.82) is 0 Å². The van der Waals surface area contributed by atoms with Gasteiger partial charge in [0.05, 0.1) is 12.2 Å². The number of aromatic nitrogens is 2. The van der Waals surface area contributed by atoms with Crippen molar-refractivity contribution in [2.75, 3.05) is 17.2 Å². The molecule has 0 spiro atoms. The first kappa shape index (κ1) is 13.6. The molecule has 1 atom stereocenters. The van der Waals surface area contributed by atoms with E-state index in [1.165, 1.54) is 0 Å². The number of benzene rings is 1. The van der Waals surface area contributed by atoms with Crippen LogP contribution in [0.5, 0.6) is 5.75 Å². The lowest BCUT2D eigenvalue weighted by Crippen LogP contribution is -2.41. The third-order valence-corrected chi connectivity index (χ3v) is 3.18. The van der Waals surface area contributed by atoms with Crippen LogP contribution in [0.4, 0.5) is 11.6 Å². The number of rotatable bonds is 2. The summed E-state index contributed by atoms with van der Waals surface area (Å²) in [5.41, 5.74) is 1.55. The van der Waals surface area contributed by atoms with Crippen LogP contribution in [0, 0.1) is 6.92 Å². The smallest absolute Gasteiger partial charge is 0.269 e. The van der Waals surface area contributed by atoms with Crippen molar-refractivity contribution in [2.45, 2.75) is 13.0 Å². The van der Waals surface area contributed by atoms with Crippen molar-refractivity contribution in [1.82, 2.24) is 9.97 Å². The van der Waals surface area contributed by atoms with Crippen molar-refractivity contribution in [3.05, 3.63) is 41.2 Å². The molecule has 0 saturated heterocycles. The number of nitrogens with zero attached hydrogens (tertiary/aromatic N) is 2. The van der Waals surface area contributed by atoms with Gasteiger partial charge in [-0.15, -0.1) is 0 Å². The maximum absolute atomic E-state index is 12.2. The lowest BCUT2D eigenvalue weighted by molar-refractivity contribution is -0.122. The van der Waals surface area contributed by atoms with Crippen LogP contribution >= 0.6 is 11.6 Å². The number of carbonyl (C=O) groups is 1. The molecular weight excluding hydrogens is 292 g/mol. The number of hydrogen-bond acceptors (Lipinski definition) is 5. The zero-order valence-electron chi connectivity index (χ0n) is 11.3. The first-order valence-electron chi connectivity index (χ1n) is 6.43. The fourth-order valence-electron chi connectivity index (χ4n) is 2.04. The molecule has 1 unspecified atom stereocenters. The second-order valence-electron chi connectivity index (χ2n) is 4.63. The summed E-state index contributed by atoms with van der Waals surface area (Å²) in [5, 5.41) is 6.05. The van der Waals surface area contributed by atoms with E-state index in [9.17, 15) is 4.79 Å². The fraction of sp³-hybridized carbons (Fsp3) is 0.214. The zero-order valence-corrected chi connectivity index (χ0v) is 12.0. The minimum absolute atomic E-state index is 0.174. The van der Waals surface area contributed by atoms with Crippen molar-refractivity contribution in [2.24, 2.45) is 0 Å². The van der Waals surface area contributed by atoms with E-state index in [-0.39, 0.29) is 17.0 Å². The molecule has 1 aromatic heterocycles. The summed E-state index contributed by atoms with van der Waals surface area (Å²) in [6.07, 6.45) is -0.650. The van der Waals surface area contributed by atoms with Gasteiger partial charge in [-0.2, -0.15) is 0 Å². The number of amides is 1. The van der Waals surface area contributed by atoms with Crippen LogP contribution in [0.1, 0.15) is 5.69 Å². The van der Waals surface area contributed by atoms with E-state index in [1.807, 2.05) is 24.3 Å². The molecule has 108 valence electrons. The molecule has 0 aliphatic carbocycles. The standard InChI is InChI=1S/C14H13ClN4O2/c1-8-6-12(15)18-14(17-8)19-13(20)11-7-16-9-4-2-3-5-10(9)21-11/h2-6,11,16H,7H2,1H3,(H,17,18,19,20). The maximum atomic E-state index is 12.2. The van der Waals surface area contributed by atoms with Gasteiger partial charge in [0.25, 0.3) is 5.91 Å². The van der Waals surface area contributed by atoms with Crippen molar-refractivity contribution >= 4 is 29.1 Å². The molecular formula is C14H13ClN4O2. The fourth-order valence-corrected chi connectivity index (χ4v) is 2.27. The van der Waals surface area contributed by atoms with Gasteiger partial charge in [0.1, 0.15) is 10.9 Å². The number of anilines is 2. The summed E-state index contributed by atoms with van der Waals surface area (Å²) in [6.45, 7) is 2.15. The summed E-state index contributed by atoms with van der Waals surface area (Å²) in [6, 6.07) is 9.07. The second kappa shape index (κ2) is 5.57. The Hall–Kier alpha value is -2.34. The van der Waals surface area contributed by atoms with Crippen LogP contribution < -0.4 is 15.4 Å². The second-order valence-corrected chi connectivity index (χ2v) is 5.02. The van der Waals surface area contributed by atoms with E-state index in [2.05, 4.69) is 20.6 Å². The summed E-state index contributed by atoms with van der Waals surface area (Å²) >= 11 is 5.84. The minimum Gasteiger partial charge on any atom is -0.477 e. The largest absolute Gasteiger partial charge is 0.477 e. The van der Waals surface area contributed by atoms with Gasteiger partial charge in [0, 0.05) is 5.69 Å². The topological polar surface area (TPSA) is 76.1 Å². The third kappa shape index (κ3) is 3.05. The van der Waals surface area contributed by atoms with Gasteiger partial charge in [-0.05, 0) is 25.1 Å². The Morgan fingerprint density at radius 1 is 1.43 bits per heavy atom. The lowest BCUT2D eigenvalue weighted by atomic mass is 10.2. The summed E-state index contributed by atoms with van der Waals surface area (Å²) in [5.74, 6) is 0.498. The van der Waals surface area contributed by atoms with Crippen LogP contribution in [0.2, 0.25) is 5.15 Å². The molecule has 2 N–H and O–H groups in total. The van der Waals surface area contributed by atoms with Gasteiger partial charge in [-0.25, -0.2) is 9.97 Å². The van der Waals surface area contributed by atoms with Gasteiger partial charge < -0.3 is 10.1 Å². The van der Waals surface area contributed by atoms with Gasteiger partial charge in [0.15, 0.2) is 6.10 Å². The number of hydrogen-bond donors (Lipinski definition) is 2. The Labute approximate surface area is 126 Å². The normalized spacial score (nSPS) is 16.4. The van der Waals surface area contributed by atoms with Crippen molar-refractivity contribution < 1.29 is 9.53 Å². The zero-order chi connectivity index (χ0) is 14.8. The molecule has 0 radical (unpaired) electrons. The van der Waals surface area contributed by atoms with Crippen molar-refractivity contribution in [3.8, 4) is 5.75 Å². The summed E-state index contributed by atoms with van der Waals surface area (Å²) < 4.78 is 5.66. The molecule has 0 saturated carbocycles. The Balaban J connectivity index is 1.72. The highest BCUT2D eigenvalue weighted by atomic mass is 35.5. The van der Waals surface area contributed by atoms with Crippen molar-refractivity contribution in [3.63, 3.8) is 0 Å². The van der Waals surface area contributed by atoms with Crippen LogP contribution in [0.3, 0.4) is 0 Å². The average molecular weight is 305 g/mol. The Morgan fingerprint density at radius 2 is 2.24 bits per heavy atom. The van der Waals surface area contributed by atoms with E-state index >= 15 is 0 Å². The highest BCUT2D eigenvalue weighted by Crippen LogP contribution is 2.28. The molecule has 1 aliphatic heterocycles. The van der Waals surface area contributed by atoms with Gasteiger partial charge in [0.2, 0.25) is 5.95 Å². The van der Waals surface area contributed by atoms with E-state index in [0.717, 1.165) is 5.69 Å². The number of ether oxygens (including phenoxy) is 1. The number of para-hydroxylation sites is 2. The van der Waals surface area contributed by atoms with E-state index < -0.39 is 6.10 Å². The molecule has 6 nitrogen and oxygen atoms in total. The molecule has 2 heterocycles. The molecule has 21 heavy (non-hydrogen) atoms. The van der Waals surface area contributed by atoms with Gasteiger partial charge in [-0.1, -0.05) is 23.7 Å². The number of halogens is 1. The number of nitrogens with one attached hydrogen (secondary N) is 2. The summed E-state index contributed by atoms with van der Waals surface area (Å²) in [4.78, 5) is 20.3. The predicted octanol–water partition coefficient (Wildman–Crippen LogP) is 2.25. The molecule has 7 heteroatoms. The minimum atomic E-state index is -0.650. The van der Waals surface area contributed by atoms with E-state index in [4.69, 9.17) is 16.3 Å². The van der Waals surface area contributed by atoms with Crippen LogP contribution in [0.15, 0.2) is 30.3 Å².